The number of hydrogen-bond acceptors (Lipinski definition) is 5. The normalized spacial score (nSPS) is 10.1. The number of likely N-dealkylation sites (N-methyl/N-ethyl adjacent to an activating group) is 1. The number of aliphatic imine (C=N–C) groups is 1. The first-order valence-electron chi connectivity index (χ1n) is 6.28. The fourth-order valence-electron chi connectivity index (χ4n) is 1.62. The first kappa shape index (κ1) is 15.1. The molecule has 0 amide bonds. The van der Waals surface area contributed by atoms with Crippen LogP contribution in [-0.4, -0.2) is 43.2 Å². The smallest absolute Gasteiger partial charge is 0.338 e. The van der Waals surface area contributed by atoms with Crippen molar-refractivity contribution in [2.75, 3.05) is 26.2 Å². The Kier molecular flexibility index (Phi) is 6.50. The van der Waals surface area contributed by atoms with E-state index in [2.05, 4.69) is 23.7 Å². The molecule has 0 aliphatic rings. The first-order valence-corrected chi connectivity index (χ1v) is 6.28. The topological polar surface area (TPSA) is 59.0 Å². The van der Waals surface area contributed by atoms with Gasteiger partial charge in [0.05, 0.1) is 11.3 Å². The third-order valence-corrected chi connectivity index (χ3v) is 2.81. The molecule has 0 atom stereocenters. The van der Waals surface area contributed by atoms with Crippen molar-refractivity contribution in [1.29, 1.82) is 0 Å². The van der Waals surface area contributed by atoms with E-state index in [1.165, 1.54) is 6.08 Å². The van der Waals surface area contributed by atoms with E-state index >= 15 is 0 Å². The van der Waals surface area contributed by atoms with E-state index in [9.17, 15) is 9.59 Å². The summed E-state index contributed by atoms with van der Waals surface area (Å²) in [7, 11) is 0. The van der Waals surface area contributed by atoms with Gasteiger partial charge in [0.2, 0.25) is 6.08 Å². The van der Waals surface area contributed by atoms with E-state index < -0.39 is 0 Å². The molecule has 0 aliphatic carbocycles. The lowest BCUT2D eigenvalue weighted by Crippen LogP contribution is -2.27. The number of rotatable bonds is 7. The van der Waals surface area contributed by atoms with Crippen molar-refractivity contribution in [2.24, 2.45) is 4.99 Å². The van der Waals surface area contributed by atoms with Crippen LogP contribution in [0, 0.1) is 0 Å². The van der Waals surface area contributed by atoms with Crippen LogP contribution in [0.3, 0.4) is 0 Å². The Labute approximate surface area is 112 Å². The summed E-state index contributed by atoms with van der Waals surface area (Å²) in [6.45, 7) is 7.11. The van der Waals surface area contributed by atoms with Crippen molar-refractivity contribution in [2.45, 2.75) is 13.8 Å². The molecule has 0 aliphatic heterocycles. The molecule has 0 radical (unpaired) electrons. The van der Waals surface area contributed by atoms with Gasteiger partial charge in [0.25, 0.3) is 0 Å². The second-order valence-electron chi connectivity index (χ2n) is 3.91. The molecule has 0 unspecified atom stereocenters. The molecule has 1 aromatic rings. The van der Waals surface area contributed by atoms with Crippen molar-refractivity contribution in [3.05, 3.63) is 29.8 Å². The number of ether oxygens (including phenoxy) is 1. The van der Waals surface area contributed by atoms with Gasteiger partial charge in [0, 0.05) is 6.54 Å². The fraction of sp³-hybridized carbons (Fsp3) is 0.429. The highest BCUT2D eigenvalue weighted by Crippen LogP contribution is 2.12. The standard InChI is InChI=1S/C14H18N2O3/c1-3-16(4-2)9-10-19-14(18)12-5-7-13(8-6-12)15-11-17/h5-8H,3-4,9-10H2,1-2H3. The molecule has 1 aromatic carbocycles. The zero-order valence-electron chi connectivity index (χ0n) is 11.3. The molecule has 5 nitrogen and oxygen atoms in total. The van der Waals surface area contributed by atoms with Crippen LogP contribution in [0.5, 0.6) is 0 Å². The number of isocyanates is 1. The second kappa shape index (κ2) is 8.19. The van der Waals surface area contributed by atoms with Gasteiger partial charge in [-0.3, -0.25) is 0 Å². The molecule has 0 aromatic heterocycles. The van der Waals surface area contributed by atoms with Crippen molar-refractivity contribution < 1.29 is 14.3 Å². The van der Waals surface area contributed by atoms with Crippen molar-refractivity contribution in [1.82, 2.24) is 4.90 Å². The number of benzene rings is 1. The highest BCUT2D eigenvalue weighted by Gasteiger charge is 2.07. The summed E-state index contributed by atoms with van der Waals surface area (Å²) < 4.78 is 5.17. The Bertz CT molecular complexity index is 446. The predicted octanol–water partition coefficient (Wildman–Crippen LogP) is 2.15. The van der Waals surface area contributed by atoms with Gasteiger partial charge < -0.3 is 9.64 Å². The highest BCUT2D eigenvalue weighted by molar-refractivity contribution is 5.89. The summed E-state index contributed by atoms with van der Waals surface area (Å²) >= 11 is 0. The van der Waals surface area contributed by atoms with Crippen LogP contribution in [0.2, 0.25) is 0 Å². The van der Waals surface area contributed by atoms with E-state index in [0.717, 1.165) is 19.6 Å². The lowest BCUT2D eigenvalue weighted by Gasteiger charge is -2.17. The highest BCUT2D eigenvalue weighted by atomic mass is 16.5. The Balaban J connectivity index is 2.47. The van der Waals surface area contributed by atoms with Crippen LogP contribution >= 0.6 is 0 Å². The summed E-state index contributed by atoms with van der Waals surface area (Å²) in [5.41, 5.74) is 0.916. The molecule has 0 saturated carbocycles. The average Bonchev–Trinajstić information content (AvgIpc) is 2.44. The number of hydrogen-bond donors (Lipinski definition) is 0. The minimum absolute atomic E-state index is 0.367. The maximum Gasteiger partial charge on any atom is 0.338 e. The van der Waals surface area contributed by atoms with Gasteiger partial charge in [-0.25, -0.2) is 9.59 Å². The fourth-order valence-corrected chi connectivity index (χ4v) is 1.62. The van der Waals surface area contributed by atoms with Crippen LogP contribution in [0.15, 0.2) is 29.3 Å². The van der Waals surface area contributed by atoms with Crippen molar-refractivity contribution >= 4 is 17.7 Å². The summed E-state index contributed by atoms with van der Waals surface area (Å²) in [5, 5.41) is 0. The molecule has 102 valence electrons. The molecule has 0 N–H and O–H groups in total. The molecule has 0 saturated heterocycles. The summed E-state index contributed by atoms with van der Waals surface area (Å²) in [6.07, 6.45) is 1.45. The predicted molar refractivity (Wildman–Crippen MR) is 72.3 cm³/mol. The maximum absolute atomic E-state index is 11.7. The van der Waals surface area contributed by atoms with Gasteiger partial charge in [-0.15, -0.1) is 0 Å². The van der Waals surface area contributed by atoms with Crippen molar-refractivity contribution in [3.63, 3.8) is 0 Å². The van der Waals surface area contributed by atoms with Crippen LogP contribution in [0.25, 0.3) is 0 Å². The molecule has 1 rings (SSSR count). The summed E-state index contributed by atoms with van der Waals surface area (Å²) in [5.74, 6) is -0.367. The van der Waals surface area contributed by atoms with Gasteiger partial charge in [-0.1, -0.05) is 13.8 Å². The van der Waals surface area contributed by atoms with E-state index in [4.69, 9.17) is 4.74 Å². The largest absolute Gasteiger partial charge is 0.461 e. The maximum atomic E-state index is 11.7. The number of esters is 1. The van der Waals surface area contributed by atoms with Crippen LogP contribution < -0.4 is 0 Å². The van der Waals surface area contributed by atoms with E-state index in [0.29, 0.717) is 17.9 Å². The lowest BCUT2D eigenvalue weighted by atomic mass is 10.2. The van der Waals surface area contributed by atoms with E-state index in [1.54, 1.807) is 24.3 Å². The van der Waals surface area contributed by atoms with Gasteiger partial charge >= 0.3 is 5.97 Å². The molecule has 5 heteroatoms. The van der Waals surface area contributed by atoms with E-state index in [1.807, 2.05) is 0 Å². The third kappa shape index (κ3) is 5.04. The number of carbonyl (C=O) groups excluding carboxylic acids is 2. The van der Waals surface area contributed by atoms with Gasteiger partial charge in [0.15, 0.2) is 0 Å². The van der Waals surface area contributed by atoms with Crippen LogP contribution in [-0.2, 0) is 9.53 Å². The molecular weight excluding hydrogens is 244 g/mol. The number of carbonyl (C=O) groups is 1. The summed E-state index contributed by atoms with van der Waals surface area (Å²) in [4.78, 5) is 27.4. The molecule has 0 fully saturated rings. The third-order valence-electron chi connectivity index (χ3n) is 2.81. The molecule has 0 spiro atoms. The zero-order valence-corrected chi connectivity index (χ0v) is 11.3. The summed E-state index contributed by atoms with van der Waals surface area (Å²) in [6, 6.07) is 6.31. The lowest BCUT2D eigenvalue weighted by molar-refractivity contribution is 0.0466. The molecule has 19 heavy (non-hydrogen) atoms. The molecular formula is C14H18N2O3. The molecule has 0 heterocycles. The second-order valence-corrected chi connectivity index (χ2v) is 3.91. The van der Waals surface area contributed by atoms with Crippen LogP contribution in [0.1, 0.15) is 24.2 Å². The van der Waals surface area contributed by atoms with Crippen molar-refractivity contribution in [3.8, 4) is 0 Å². The Morgan fingerprint density at radius 2 is 1.89 bits per heavy atom. The van der Waals surface area contributed by atoms with Gasteiger partial charge in [-0.05, 0) is 37.4 Å². The number of nitrogens with zero attached hydrogens (tertiary/aromatic N) is 2. The first-order chi connectivity index (χ1) is 9.21. The Morgan fingerprint density at radius 3 is 2.42 bits per heavy atom. The Morgan fingerprint density at radius 1 is 1.26 bits per heavy atom. The Hall–Kier alpha value is -1.97. The minimum atomic E-state index is -0.367. The minimum Gasteiger partial charge on any atom is -0.461 e. The zero-order chi connectivity index (χ0) is 14.1. The van der Waals surface area contributed by atoms with Gasteiger partial charge in [0.1, 0.15) is 6.61 Å². The SMILES string of the molecule is CCN(CC)CCOC(=O)c1ccc(N=C=O)cc1. The molecule has 0 bridgehead atoms. The van der Waals surface area contributed by atoms with Gasteiger partial charge in [-0.2, -0.15) is 4.99 Å². The average molecular weight is 262 g/mol. The monoisotopic (exact) mass is 262 g/mol. The van der Waals surface area contributed by atoms with E-state index in [-0.39, 0.29) is 5.97 Å². The quantitative estimate of drug-likeness (QED) is 0.429. The van der Waals surface area contributed by atoms with Crippen LogP contribution in [0.4, 0.5) is 5.69 Å².